The third kappa shape index (κ3) is 3.80. The average molecular weight is 277 g/mol. The van der Waals surface area contributed by atoms with Crippen LogP contribution in [0.3, 0.4) is 0 Å². The van der Waals surface area contributed by atoms with E-state index in [1.54, 1.807) is 0 Å². The second-order valence-corrected chi connectivity index (χ2v) is 4.47. The van der Waals surface area contributed by atoms with Crippen LogP contribution in [-0.4, -0.2) is 22.8 Å². The van der Waals surface area contributed by atoms with E-state index in [9.17, 15) is 9.90 Å². The Kier molecular flexibility index (Phi) is 4.89. The van der Waals surface area contributed by atoms with Gasteiger partial charge in [0.05, 0.1) is 5.71 Å². The number of carbonyl (C=O) groups is 1. The molecular formula is C18H15NO2. The van der Waals surface area contributed by atoms with Gasteiger partial charge in [0, 0.05) is 17.5 Å². The normalized spacial score (nSPS) is 11.2. The van der Waals surface area contributed by atoms with E-state index >= 15 is 0 Å². The number of nitrogens with zero attached hydrogens (tertiary/aromatic N) is 1. The van der Waals surface area contributed by atoms with E-state index in [1.165, 1.54) is 0 Å². The first kappa shape index (κ1) is 14.5. The highest BCUT2D eigenvalue weighted by Crippen LogP contribution is 2.13. The van der Waals surface area contributed by atoms with Gasteiger partial charge in [-0.2, -0.15) is 0 Å². The number of aliphatic imine (C=N–C) groups is 1. The predicted octanol–water partition coefficient (Wildman–Crippen LogP) is 3.00. The molecule has 0 amide bonds. The number of aliphatic carboxylic acids is 1. The first-order valence-electron chi connectivity index (χ1n) is 6.57. The molecule has 3 heteroatoms. The van der Waals surface area contributed by atoms with Gasteiger partial charge in [0.2, 0.25) is 0 Å². The molecule has 0 bridgehead atoms. The molecule has 0 aliphatic rings. The lowest BCUT2D eigenvalue weighted by Gasteiger charge is -2.11. The largest absolute Gasteiger partial charge is 0.480 e. The van der Waals surface area contributed by atoms with Crippen molar-refractivity contribution in [3.05, 3.63) is 71.8 Å². The number of carboxylic acid groups (broad SMARTS) is 1. The van der Waals surface area contributed by atoms with Crippen LogP contribution in [0, 0.1) is 12.3 Å². The van der Waals surface area contributed by atoms with Crippen LogP contribution in [0.4, 0.5) is 0 Å². The molecule has 3 nitrogen and oxygen atoms in total. The molecule has 1 atom stereocenters. The van der Waals surface area contributed by atoms with Crippen molar-refractivity contribution in [3.8, 4) is 12.3 Å². The fourth-order valence-corrected chi connectivity index (χ4v) is 1.96. The molecule has 2 aromatic rings. The molecule has 0 aliphatic carbocycles. The highest BCUT2D eigenvalue weighted by molar-refractivity contribution is 6.13. The molecule has 0 spiro atoms. The van der Waals surface area contributed by atoms with Gasteiger partial charge in [0.1, 0.15) is 0 Å². The van der Waals surface area contributed by atoms with E-state index in [2.05, 4.69) is 10.9 Å². The number of hydrogen-bond donors (Lipinski definition) is 1. The van der Waals surface area contributed by atoms with E-state index in [0.29, 0.717) is 5.71 Å². The molecule has 0 saturated heterocycles. The topological polar surface area (TPSA) is 49.7 Å². The van der Waals surface area contributed by atoms with Crippen molar-refractivity contribution in [1.82, 2.24) is 0 Å². The van der Waals surface area contributed by atoms with Gasteiger partial charge < -0.3 is 5.11 Å². The van der Waals surface area contributed by atoms with Crippen LogP contribution < -0.4 is 0 Å². The Morgan fingerprint density at radius 1 is 1.05 bits per heavy atom. The van der Waals surface area contributed by atoms with Gasteiger partial charge in [-0.3, -0.25) is 4.99 Å². The molecule has 0 radical (unpaired) electrons. The minimum Gasteiger partial charge on any atom is -0.480 e. The van der Waals surface area contributed by atoms with Crippen LogP contribution in [0.15, 0.2) is 65.7 Å². The molecule has 0 aliphatic heterocycles. The van der Waals surface area contributed by atoms with Crippen molar-refractivity contribution in [2.75, 3.05) is 0 Å². The Morgan fingerprint density at radius 2 is 1.52 bits per heavy atom. The van der Waals surface area contributed by atoms with Crippen LogP contribution in [0.1, 0.15) is 17.5 Å². The predicted molar refractivity (Wildman–Crippen MR) is 83.4 cm³/mol. The van der Waals surface area contributed by atoms with Gasteiger partial charge >= 0.3 is 5.97 Å². The highest BCUT2D eigenvalue weighted by atomic mass is 16.4. The van der Waals surface area contributed by atoms with Crippen molar-refractivity contribution in [1.29, 1.82) is 0 Å². The molecule has 0 unspecified atom stereocenters. The van der Waals surface area contributed by atoms with Crippen LogP contribution in [0.2, 0.25) is 0 Å². The molecule has 0 heterocycles. The molecule has 2 aromatic carbocycles. The van der Waals surface area contributed by atoms with Gasteiger partial charge in [0.25, 0.3) is 0 Å². The highest BCUT2D eigenvalue weighted by Gasteiger charge is 2.17. The van der Waals surface area contributed by atoms with E-state index in [1.807, 2.05) is 60.7 Å². The molecule has 0 fully saturated rings. The Morgan fingerprint density at radius 3 is 1.90 bits per heavy atom. The maximum absolute atomic E-state index is 11.3. The SMILES string of the molecule is C#CC[C@@H](N=C(c1ccccc1)c1ccccc1)C(=O)O. The maximum Gasteiger partial charge on any atom is 0.329 e. The Bertz CT molecular complexity index is 628. The lowest BCUT2D eigenvalue weighted by Crippen LogP contribution is -2.20. The number of rotatable bonds is 5. The van der Waals surface area contributed by atoms with Crippen LogP contribution >= 0.6 is 0 Å². The average Bonchev–Trinajstić information content (AvgIpc) is 2.53. The summed E-state index contributed by atoms with van der Waals surface area (Å²) < 4.78 is 0. The summed E-state index contributed by atoms with van der Waals surface area (Å²) >= 11 is 0. The van der Waals surface area contributed by atoms with Crippen LogP contribution in [-0.2, 0) is 4.79 Å². The standard InChI is InChI=1S/C18H15NO2/c1-2-9-16(18(20)21)19-17(14-10-5-3-6-11-14)15-12-7-4-8-13-15/h1,3-8,10-13,16H,9H2,(H,20,21)/t16-/m1/s1. The minimum absolute atomic E-state index is 0.0680. The van der Waals surface area contributed by atoms with E-state index < -0.39 is 12.0 Å². The number of hydrogen-bond acceptors (Lipinski definition) is 2. The second-order valence-electron chi connectivity index (χ2n) is 4.47. The van der Waals surface area contributed by atoms with Gasteiger partial charge in [-0.05, 0) is 0 Å². The first-order valence-corrected chi connectivity index (χ1v) is 6.57. The van der Waals surface area contributed by atoms with Crippen molar-refractivity contribution in [2.24, 2.45) is 4.99 Å². The van der Waals surface area contributed by atoms with Gasteiger partial charge in [-0.25, -0.2) is 4.79 Å². The fourth-order valence-electron chi connectivity index (χ4n) is 1.96. The number of terminal acetylenes is 1. The summed E-state index contributed by atoms with van der Waals surface area (Å²) in [6, 6.07) is 18.1. The molecule has 1 N–H and O–H groups in total. The molecule has 2 rings (SSSR count). The summed E-state index contributed by atoms with van der Waals surface area (Å²) in [6.45, 7) is 0. The van der Waals surface area contributed by atoms with Crippen molar-refractivity contribution >= 4 is 11.7 Å². The van der Waals surface area contributed by atoms with Crippen molar-refractivity contribution in [3.63, 3.8) is 0 Å². The van der Waals surface area contributed by atoms with E-state index in [4.69, 9.17) is 6.42 Å². The zero-order valence-corrected chi connectivity index (χ0v) is 11.4. The van der Waals surface area contributed by atoms with Gasteiger partial charge in [-0.1, -0.05) is 60.7 Å². The zero-order valence-electron chi connectivity index (χ0n) is 11.4. The summed E-state index contributed by atoms with van der Waals surface area (Å²) in [5.74, 6) is 1.35. The van der Waals surface area contributed by atoms with Gasteiger partial charge in [0.15, 0.2) is 6.04 Å². The quantitative estimate of drug-likeness (QED) is 0.674. The third-order valence-electron chi connectivity index (χ3n) is 2.98. The second kappa shape index (κ2) is 7.06. The lowest BCUT2D eigenvalue weighted by molar-refractivity contribution is -0.138. The lowest BCUT2D eigenvalue weighted by atomic mass is 10.0. The molecule has 21 heavy (non-hydrogen) atoms. The van der Waals surface area contributed by atoms with Gasteiger partial charge in [-0.15, -0.1) is 12.3 Å². The maximum atomic E-state index is 11.3. The minimum atomic E-state index is -1.02. The van der Waals surface area contributed by atoms with Crippen molar-refractivity contribution < 1.29 is 9.90 Å². The molecule has 104 valence electrons. The zero-order chi connectivity index (χ0) is 15.1. The summed E-state index contributed by atoms with van der Waals surface area (Å²) in [5.41, 5.74) is 2.37. The molecular weight excluding hydrogens is 262 g/mol. The monoisotopic (exact) mass is 277 g/mol. The van der Waals surface area contributed by atoms with Crippen LogP contribution in [0.25, 0.3) is 0 Å². The summed E-state index contributed by atoms with van der Waals surface area (Å²) in [7, 11) is 0. The Hall–Kier alpha value is -2.86. The van der Waals surface area contributed by atoms with E-state index in [0.717, 1.165) is 11.1 Å². The summed E-state index contributed by atoms with van der Waals surface area (Å²) in [4.78, 5) is 15.7. The van der Waals surface area contributed by atoms with Crippen LogP contribution in [0.5, 0.6) is 0 Å². The van der Waals surface area contributed by atoms with Crippen molar-refractivity contribution in [2.45, 2.75) is 12.5 Å². The summed E-state index contributed by atoms with van der Waals surface area (Å²) in [6.07, 6.45) is 5.31. The molecule has 0 aromatic heterocycles. The smallest absolute Gasteiger partial charge is 0.329 e. The summed E-state index contributed by atoms with van der Waals surface area (Å²) in [5, 5.41) is 9.24. The third-order valence-corrected chi connectivity index (χ3v) is 2.98. The van der Waals surface area contributed by atoms with E-state index in [-0.39, 0.29) is 6.42 Å². The first-order chi connectivity index (χ1) is 10.2. The number of benzene rings is 2. The Balaban J connectivity index is 2.51. The number of carboxylic acids is 1. The fraction of sp³-hybridized carbons (Fsp3) is 0.111. The molecule has 0 saturated carbocycles. The Labute approximate surface area is 124 Å².